The molecular weight excluding hydrogens is 220 g/mol. The zero-order chi connectivity index (χ0) is 13.0. The third kappa shape index (κ3) is 6.19. The maximum atomic E-state index is 3.60. The van der Waals surface area contributed by atoms with Crippen molar-refractivity contribution >= 4 is 0 Å². The first-order valence-electron chi connectivity index (χ1n) is 8.06. The molecule has 1 atom stereocenters. The summed E-state index contributed by atoms with van der Waals surface area (Å²) in [6.45, 7) is 13.4. The Bertz CT molecular complexity index is 217. The zero-order valence-corrected chi connectivity index (χ0v) is 12.6. The second-order valence-corrected chi connectivity index (χ2v) is 7.26. The highest BCUT2D eigenvalue weighted by Gasteiger charge is 2.29. The van der Waals surface area contributed by atoms with E-state index in [-0.39, 0.29) is 0 Å². The normalized spacial score (nSPS) is 21.8. The van der Waals surface area contributed by atoms with Gasteiger partial charge in [0.25, 0.3) is 0 Å². The minimum Gasteiger partial charge on any atom is -0.316 e. The van der Waals surface area contributed by atoms with Gasteiger partial charge in [-0.3, -0.25) is 0 Å². The van der Waals surface area contributed by atoms with E-state index in [2.05, 4.69) is 31.0 Å². The fourth-order valence-corrected chi connectivity index (χ4v) is 2.68. The Morgan fingerprint density at radius 2 is 1.50 bits per heavy atom. The van der Waals surface area contributed by atoms with Crippen LogP contribution in [0.4, 0.5) is 0 Å². The Hall–Kier alpha value is -0.0800. The first kappa shape index (κ1) is 14.3. The van der Waals surface area contributed by atoms with E-state index < -0.39 is 0 Å². The molecule has 1 N–H and O–H groups in total. The Morgan fingerprint density at radius 1 is 0.944 bits per heavy atom. The van der Waals surface area contributed by atoms with Gasteiger partial charge in [-0.15, -0.1) is 0 Å². The van der Waals surface area contributed by atoms with Gasteiger partial charge in [0, 0.05) is 19.6 Å². The summed E-state index contributed by atoms with van der Waals surface area (Å²) in [6, 6.07) is 0. The van der Waals surface area contributed by atoms with Crippen LogP contribution in [0.2, 0.25) is 0 Å². The molecule has 0 heterocycles. The van der Waals surface area contributed by atoms with Crippen LogP contribution in [0.25, 0.3) is 0 Å². The average molecular weight is 252 g/mol. The van der Waals surface area contributed by atoms with Crippen molar-refractivity contribution in [1.29, 1.82) is 0 Å². The van der Waals surface area contributed by atoms with E-state index >= 15 is 0 Å². The largest absolute Gasteiger partial charge is 0.316 e. The summed E-state index contributed by atoms with van der Waals surface area (Å²) in [7, 11) is 0. The summed E-state index contributed by atoms with van der Waals surface area (Å²) in [5.74, 6) is 3.65. The highest BCUT2D eigenvalue weighted by molar-refractivity contribution is 4.83. The van der Waals surface area contributed by atoms with Crippen LogP contribution in [-0.2, 0) is 0 Å². The van der Waals surface area contributed by atoms with Crippen LogP contribution in [-0.4, -0.2) is 37.6 Å². The van der Waals surface area contributed by atoms with Crippen molar-refractivity contribution in [2.75, 3.05) is 32.7 Å². The van der Waals surface area contributed by atoms with Crippen molar-refractivity contribution in [2.45, 2.75) is 46.5 Å². The molecule has 0 aromatic carbocycles. The van der Waals surface area contributed by atoms with Crippen LogP contribution in [0.5, 0.6) is 0 Å². The lowest BCUT2D eigenvalue weighted by molar-refractivity contribution is 0.217. The molecular formula is C16H32N2. The third-order valence-corrected chi connectivity index (χ3v) is 4.04. The third-order valence-electron chi connectivity index (χ3n) is 4.04. The van der Waals surface area contributed by atoms with E-state index in [1.54, 1.807) is 0 Å². The molecule has 0 aromatic heterocycles. The summed E-state index contributed by atoms with van der Waals surface area (Å²) in [4.78, 5) is 2.76. The highest BCUT2D eigenvalue weighted by atomic mass is 15.1. The monoisotopic (exact) mass is 252 g/mol. The zero-order valence-electron chi connectivity index (χ0n) is 12.6. The van der Waals surface area contributed by atoms with Crippen LogP contribution in [0.15, 0.2) is 0 Å². The van der Waals surface area contributed by atoms with Crippen LogP contribution >= 0.6 is 0 Å². The summed E-state index contributed by atoms with van der Waals surface area (Å²) in [5, 5.41) is 3.60. The Balaban J connectivity index is 1.62. The van der Waals surface area contributed by atoms with Gasteiger partial charge in [0.15, 0.2) is 0 Å². The molecule has 0 saturated heterocycles. The molecule has 2 saturated carbocycles. The van der Waals surface area contributed by atoms with Gasteiger partial charge in [-0.05, 0) is 62.4 Å². The van der Waals surface area contributed by atoms with Crippen molar-refractivity contribution in [3.05, 3.63) is 0 Å². The lowest BCUT2D eigenvalue weighted by Crippen LogP contribution is -2.36. The van der Waals surface area contributed by atoms with E-state index in [1.165, 1.54) is 51.9 Å². The number of hydrogen-bond acceptors (Lipinski definition) is 2. The molecule has 2 aliphatic rings. The summed E-state index contributed by atoms with van der Waals surface area (Å²) in [5.41, 5.74) is 0. The predicted octanol–water partition coefficient (Wildman–Crippen LogP) is 2.99. The van der Waals surface area contributed by atoms with E-state index in [4.69, 9.17) is 0 Å². The number of rotatable bonds is 10. The van der Waals surface area contributed by atoms with Crippen molar-refractivity contribution in [2.24, 2.45) is 23.7 Å². The van der Waals surface area contributed by atoms with Crippen LogP contribution in [0, 0.1) is 23.7 Å². The van der Waals surface area contributed by atoms with Gasteiger partial charge in [0.05, 0.1) is 0 Å². The van der Waals surface area contributed by atoms with Crippen LogP contribution < -0.4 is 5.32 Å². The first-order valence-corrected chi connectivity index (χ1v) is 8.06. The lowest BCUT2D eigenvalue weighted by atomic mass is 10.1. The molecule has 0 bridgehead atoms. The summed E-state index contributed by atoms with van der Waals surface area (Å²) < 4.78 is 0. The maximum absolute atomic E-state index is 3.60. The van der Waals surface area contributed by atoms with Crippen LogP contribution in [0.3, 0.4) is 0 Å². The number of nitrogens with one attached hydrogen (secondary N) is 1. The predicted molar refractivity (Wildman–Crippen MR) is 78.8 cm³/mol. The topological polar surface area (TPSA) is 15.3 Å². The minimum absolute atomic E-state index is 0.770. The van der Waals surface area contributed by atoms with Gasteiger partial charge in [-0.25, -0.2) is 0 Å². The number of nitrogens with zero attached hydrogens (tertiary/aromatic N) is 1. The van der Waals surface area contributed by atoms with Gasteiger partial charge in [-0.2, -0.15) is 0 Å². The molecule has 0 aromatic rings. The Morgan fingerprint density at radius 3 is 1.94 bits per heavy atom. The van der Waals surface area contributed by atoms with E-state index in [1.807, 2.05) is 0 Å². The average Bonchev–Trinajstić information content (AvgIpc) is 3.12. The molecule has 2 rings (SSSR count). The van der Waals surface area contributed by atoms with Gasteiger partial charge in [0.2, 0.25) is 0 Å². The number of hydrogen-bond donors (Lipinski definition) is 1. The molecule has 2 aliphatic carbocycles. The van der Waals surface area contributed by atoms with Gasteiger partial charge >= 0.3 is 0 Å². The van der Waals surface area contributed by atoms with Gasteiger partial charge in [-0.1, -0.05) is 20.8 Å². The molecule has 106 valence electrons. The minimum atomic E-state index is 0.770. The molecule has 1 unspecified atom stereocenters. The first-order chi connectivity index (χ1) is 8.63. The second kappa shape index (κ2) is 6.91. The molecule has 0 aliphatic heterocycles. The van der Waals surface area contributed by atoms with Crippen LogP contribution in [0.1, 0.15) is 46.5 Å². The standard InChI is InChI=1S/C16H32N2/c1-13(2)8-17-9-14(3)10-18(11-15-4-5-15)12-16-6-7-16/h13-17H,4-12H2,1-3H3. The maximum Gasteiger partial charge on any atom is 0.00194 e. The lowest BCUT2D eigenvalue weighted by Gasteiger charge is -2.26. The van der Waals surface area contributed by atoms with Crippen molar-refractivity contribution in [3.8, 4) is 0 Å². The molecule has 0 spiro atoms. The molecule has 2 fully saturated rings. The fraction of sp³-hybridized carbons (Fsp3) is 1.00. The quantitative estimate of drug-likeness (QED) is 0.643. The van der Waals surface area contributed by atoms with Crippen molar-refractivity contribution in [1.82, 2.24) is 10.2 Å². The Kier molecular flexibility index (Phi) is 5.50. The fourth-order valence-electron chi connectivity index (χ4n) is 2.68. The SMILES string of the molecule is CC(C)CNCC(C)CN(CC1CC1)CC1CC1. The molecule has 18 heavy (non-hydrogen) atoms. The van der Waals surface area contributed by atoms with E-state index in [0.717, 1.165) is 30.2 Å². The Labute approximate surface area is 114 Å². The van der Waals surface area contributed by atoms with Gasteiger partial charge < -0.3 is 10.2 Å². The van der Waals surface area contributed by atoms with Crippen molar-refractivity contribution in [3.63, 3.8) is 0 Å². The van der Waals surface area contributed by atoms with E-state index in [0.29, 0.717) is 0 Å². The molecule has 2 nitrogen and oxygen atoms in total. The van der Waals surface area contributed by atoms with Gasteiger partial charge in [0.1, 0.15) is 0 Å². The summed E-state index contributed by atoms with van der Waals surface area (Å²) in [6.07, 6.45) is 5.95. The smallest absolute Gasteiger partial charge is 0.00194 e. The van der Waals surface area contributed by atoms with Crippen molar-refractivity contribution < 1.29 is 0 Å². The molecule has 0 amide bonds. The molecule has 0 radical (unpaired) electrons. The molecule has 2 heteroatoms. The van der Waals surface area contributed by atoms with E-state index in [9.17, 15) is 0 Å². The highest BCUT2D eigenvalue weighted by Crippen LogP contribution is 2.33. The summed E-state index contributed by atoms with van der Waals surface area (Å²) >= 11 is 0. The second-order valence-electron chi connectivity index (χ2n) is 7.26.